The van der Waals surface area contributed by atoms with Crippen LogP contribution < -0.4 is 0 Å². The van der Waals surface area contributed by atoms with E-state index in [1.165, 1.54) is 10.7 Å². The van der Waals surface area contributed by atoms with Crippen molar-refractivity contribution in [2.75, 3.05) is 26.2 Å². The van der Waals surface area contributed by atoms with Crippen LogP contribution in [-0.4, -0.2) is 59.9 Å². The topological polar surface area (TPSA) is 96.6 Å². The van der Waals surface area contributed by atoms with Gasteiger partial charge in [-0.2, -0.15) is 4.31 Å². The van der Waals surface area contributed by atoms with Crippen molar-refractivity contribution in [2.45, 2.75) is 31.1 Å². The minimum Gasteiger partial charge on any atom is -0.423 e. The van der Waals surface area contributed by atoms with Crippen molar-refractivity contribution >= 4 is 15.9 Å². The molecule has 1 amide bonds. The van der Waals surface area contributed by atoms with Crippen molar-refractivity contribution in [3.63, 3.8) is 0 Å². The number of hydrogen-bond donors (Lipinski definition) is 0. The van der Waals surface area contributed by atoms with Gasteiger partial charge in [0.05, 0.1) is 4.90 Å². The van der Waals surface area contributed by atoms with Crippen LogP contribution in [0, 0.1) is 0 Å². The van der Waals surface area contributed by atoms with E-state index in [0.717, 1.165) is 11.1 Å². The fraction of sp³-hybridized carbons (Fsp3) is 0.348. The first-order valence-electron chi connectivity index (χ1n) is 10.4. The molecule has 0 bridgehead atoms. The van der Waals surface area contributed by atoms with Crippen molar-refractivity contribution in [1.82, 2.24) is 19.4 Å². The minimum absolute atomic E-state index is 0.0438. The molecule has 2 heterocycles. The highest BCUT2D eigenvalue weighted by Crippen LogP contribution is 2.25. The third kappa shape index (κ3) is 4.44. The van der Waals surface area contributed by atoms with Crippen LogP contribution in [-0.2, 0) is 15.4 Å². The molecule has 1 aliphatic heterocycles. The quantitative estimate of drug-likeness (QED) is 0.601. The van der Waals surface area contributed by atoms with E-state index in [1.54, 1.807) is 41.3 Å². The van der Waals surface area contributed by atoms with Gasteiger partial charge in [0.25, 0.3) is 5.91 Å². The molecular formula is C23H26N4O4S. The van der Waals surface area contributed by atoms with Gasteiger partial charge in [0.15, 0.2) is 0 Å². The summed E-state index contributed by atoms with van der Waals surface area (Å²) in [6.45, 7) is 7.46. The zero-order valence-electron chi connectivity index (χ0n) is 18.4. The third-order valence-electron chi connectivity index (χ3n) is 5.62. The molecule has 2 aromatic carbocycles. The summed E-state index contributed by atoms with van der Waals surface area (Å²) in [5, 5.41) is 7.50. The van der Waals surface area contributed by atoms with E-state index in [2.05, 4.69) is 31.0 Å². The summed E-state index contributed by atoms with van der Waals surface area (Å²) in [5.74, 6) is 0.256. The molecule has 32 heavy (non-hydrogen) atoms. The zero-order valence-corrected chi connectivity index (χ0v) is 19.2. The second-order valence-corrected chi connectivity index (χ2v) is 10.7. The molecule has 1 saturated heterocycles. The van der Waals surface area contributed by atoms with E-state index >= 15 is 0 Å². The number of carbonyl (C=O) groups is 1. The number of nitrogens with zero attached hydrogens (tertiary/aromatic N) is 4. The molecule has 0 N–H and O–H groups in total. The molecule has 3 aromatic rings. The largest absolute Gasteiger partial charge is 0.423 e. The van der Waals surface area contributed by atoms with Gasteiger partial charge in [0.1, 0.15) is 0 Å². The predicted octanol–water partition coefficient (Wildman–Crippen LogP) is 3.18. The van der Waals surface area contributed by atoms with E-state index in [-0.39, 0.29) is 29.3 Å². The molecule has 9 heteroatoms. The highest BCUT2D eigenvalue weighted by molar-refractivity contribution is 7.89. The monoisotopic (exact) mass is 454 g/mol. The second kappa shape index (κ2) is 8.48. The number of hydrogen-bond acceptors (Lipinski definition) is 6. The van der Waals surface area contributed by atoms with Gasteiger partial charge in [-0.3, -0.25) is 4.79 Å². The van der Waals surface area contributed by atoms with Crippen LogP contribution in [0.4, 0.5) is 0 Å². The molecule has 0 spiro atoms. The Morgan fingerprint density at radius 3 is 2.09 bits per heavy atom. The molecule has 168 valence electrons. The van der Waals surface area contributed by atoms with E-state index in [1.807, 2.05) is 12.1 Å². The Hall–Kier alpha value is -3.04. The maximum Gasteiger partial charge on any atom is 0.253 e. The maximum atomic E-state index is 13.0. The van der Waals surface area contributed by atoms with Crippen molar-refractivity contribution in [2.24, 2.45) is 0 Å². The lowest BCUT2D eigenvalue weighted by Crippen LogP contribution is -2.50. The normalized spacial score (nSPS) is 15.7. The van der Waals surface area contributed by atoms with Gasteiger partial charge in [-0.1, -0.05) is 32.9 Å². The number of benzene rings is 2. The van der Waals surface area contributed by atoms with E-state index in [9.17, 15) is 13.2 Å². The molecule has 1 aromatic heterocycles. The van der Waals surface area contributed by atoms with Gasteiger partial charge in [-0.05, 0) is 47.4 Å². The van der Waals surface area contributed by atoms with Crippen LogP contribution in [0.25, 0.3) is 11.5 Å². The van der Waals surface area contributed by atoms with Crippen LogP contribution in [0.2, 0.25) is 0 Å². The molecule has 0 atom stereocenters. The summed E-state index contributed by atoms with van der Waals surface area (Å²) in [6.07, 6.45) is 1.25. The van der Waals surface area contributed by atoms with Crippen LogP contribution in [0.5, 0.6) is 0 Å². The van der Waals surface area contributed by atoms with Gasteiger partial charge >= 0.3 is 0 Å². The van der Waals surface area contributed by atoms with Crippen LogP contribution in [0.3, 0.4) is 0 Å². The highest BCUT2D eigenvalue weighted by Gasteiger charge is 2.30. The molecule has 0 unspecified atom stereocenters. The summed E-state index contributed by atoms with van der Waals surface area (Å²) >= 11 is 0. The van der Waals surface area contributed by atoms with Crippen molar-refractivity contribution < 1.29 is 17.6 Å². The fourth-order valence-corrected chi connectivity index (χ4v) is 5.07. The van der Waals surface area contributed by atoms with E-state index in [4.69, 9.17) is 4.42 Å². The van der Waals surface area contributed by atoms with Gasteiger partial charge in [0, 0.05) is 37.3 Å². The van der Waals surface area contributed by atoms with Crippen LogP contribution >= 0.6 is 0 Å². The number of rotatable bonds is 4. The first-order chi connectivity index (χ1) is 15.2. The molecule has 1 fully saturated rings. The Kier molecular flexibility index (Phi) is 5.87. The fourth-order valence-electron chi connectivity index (χ4n) is 3.64. The van der Waals surface area contributed by atoms with Crippen LogP contribution in [0.1, 0.15) is 36.7 Å². The molecule has 4 rings (SSSR count). The Bertz CT molecular complexity index is 1170. The maximum absolute atomic E-state index is 13.0. The first-order valence-corrected chi connectivity index (χ1v) is 11.9. The second-order valence-electron chi connectivity index (χ2n) is 8.79. The smallest absolute Gasteiger partial charge is 0.253 e. The van der Waals surface area contributed by atoms with E-state index < -0.39 is 10.0 Å². The lowest BCUT2D eigenvalue weighted by atomic mass is 9.87. The Labute approximate surface area is 187 Å². The minimum atomic E-state index is -3.60. The number of aromatic nitrogens is 2. The lowest BCUT2D eigenvalue weighted by molar-refractivity contribution is 0.0698. The lowest BCUT2D eigenvalue weighted by Gasteiger charge is -2.34. The summed E-state index contributed by atoms with van der Waals surface area (Å²) in [7, 11) is -3.60. The Morgan fingerprint density at radius 1 is 0.938 bits per heavy atom. The first kappa shape index (κ1) is 22.2. The SMILES string of the molecule is CC(C)(C)c1ccc(S(=O)(=O)N2CCN(C(=O)c3ccc(-c4nnco4)cc3)CC2)cc1. The molecule has 0 aliphatic carbocycles. The molecule has 1 aliphatic rings. The number of carbonyl (C=O) groups excluding carboxylic acids is 1. The zero-order chi connectivity index (χ0) is 22.9. The van der Waals surface area contributed by atoms with Crippen LogP contribution in [0.15, 0.2) is 64.2 Å². The third-order valence-corrected chi connectivity index (χ3v) is 7.54. The number of amides is 1. The molecule has 8 nitrogen and oxygen atoms in total. The Balaban J connectivity index is 1.40. The van der Waals surface area contributed by atoms with Crippen molar-refractivity contribution in [3.05, 3.63) is 66.1 Å². The number of piperazine rings is 1. The van der Waals surface area contributed by atoms with Gasteiger partial charge in [0.2, 0.25) is 22.3 Å². The molecular weight excluding hydrogens is 428 g/mol. The highest BCUT2D eigenvalue weighted by atomic mass is 32.2. The Morgan fingerprint density at radius 2 is 1.56 bits per heavy atom. The standard InChI is InChI=1S/C23H26N4O4S/c1-23(2,3)19-8-10-20(11-9-19)32(29,30)27-14-12-26(13-15-27)22(28)18-6-4-17(5-7-18)21-25-24-16-31-21/h4-11,16H,12-15H2,1-3H3. The van der Waals surface area contributed by atoms with E-state index in [0.29, 0.717) is 24.5 Å². The summed E-state index contributed by atoms with van der Waals surface area (Å²) < 4.78 is 32.7. The molecule has 0 saturated carbocycles. The molecule has 0 radical (unpaired) electrons. The summed E-state index contributed by atoms with van der Waals surface area (Å²) in [5.41, 5.74) is 2.30. The van der Waals surface area contributed by atoms with Gasteiger partial charge in [-0.25, -0.2) is 8.42 Å². The van der Waals surface area contributed by atoms with Gasteiger partial charge in [-0.15, -0.1) is 10.2 Å². The predicted molar refractivity (Wildman–Crippen MR) is 120 cm³/mol. The van der Waals surface area contributed by atoms with Crippen molar-refractivity contribution in [3.8, 4) is 11.5 Å². The average Bonchev–Trinajstić information content (AvgIpc) is 3.33. The summed E-state index contributed by atoms with van der Waals surface area (Å²) in [6, 6.07) is 14.0. The average molecular weight is 455 g/mol. The number of sulfonamides is 1. The van der Waals surface area contributed by atoms with Gasteiger partial charge < -0.3 is 9.32 Å². The van der Waals surface area contributed by atoms with Crippen molar-refractivity contribution in [1.29, 1.82) is 0 Å². The summed E-state index contributed by atoms with van der Waals surface area (Å²) in [4.78, 5) is 14.8.